The maximum Gasteiger partial charge on any atom is 0.243 e. The van der Waals surface area contributed by atoms with Crippen molar-refractivity contribution in [2.24, 2.45) is 0 Å². The van der Waals surface area contributed by atoms with Crippen LogP contribution in [0.3, 0.4) is 0 Å². The second kappa shape index (κ2) is 9.18. The van der Waals surface area contributed by atoms with Gasteiger partial charge in [-0.3, -0.25) is 9.59 Å². The molecule has 0 saturated carbocycles. The number of piperazine rings is 1. The molecule has 3 fully saturated rings. The lowest BCUT2D eigenvalue weighted by atomic mass is 9.98. The Morgan fingerprint density at radius 3 is 1.59 bits per heavy atom. The maximum atomic E-state index is 12.7. The standard InChI is InChI=1S/C24H26N2O6/c27-23-21(9-15-3-1-5-17(7-15)29-11-19-13-31-19)25-24(28)22(26-23)10-16-4-2-6-18(8-16)30-12-20-14-32-20/h1-8,19-22H,9-14H2,(H,25,28)(H,26,27)/t19?,20?,21-,22+. The van der Waals surface area contributed by atoms with Crippen LogP contribution in [-0.2, 0) is 31.9 Å². The highest BCUT2D eigenvalue weighted by Gasteiger charge is 2.33. The van der Waals surface area contributed by atoms with Crippen LogP contribution in [-0.4, -0.2) is 62.5 Å². The van der Waals surface area contributed by atoms with E-state index in [9.17, 15) is 9.59 Å². The zero-order valence-electron chi connectivity index (χ0n) is 17.6. The Labute approximate surface area is 186 Å². The number of ether oxygens (including phenoxy) is 4. The molecule has 8 nitrogen and oxygen atoms in total. The first-order valence-electron chi connectivity index (χ1n) is 10.9. The lowest BCUT2D eigenvalue weighted by molar-refractivity contribution is -0.136. The smallest absolute Gasteiger partial charge is 0.243 e. The summed E-state index contributed by atoms with van der Waals surface area (Å²) in [6.07, 6.45) is 1.15. The number of hydrogen-bond acceptors (Lipinski definition) is 6. The summed E-state index contributed by atoms with van der Waals surface area (Å²) in [5, 5.41) is 5.74. The molecule has 0 aliphatic carbocycles. The maximum absolute atomic E-state index is 12.7. The van der Waals surface area contributed by atoms with E-state index in [1.165, 1.54) is 0 Å². The molecule has 2 amide bonds. The van der Waals surface area contributed by atoms with E-state index in [0.29, 0.717) is 26.1 Å². The second-order valence-corrected chi connectivity index (χ2v) is 8.36. The average molecular weight is 438 g/mol. The zero-order chi connectivity index (χ0) is 21.9. The molecular formula is C24H26N2O6. The molecule has 0 aromatic heterocycles. The Bertz CT molecular complexity index is 908. The van der Waals surface area contributed by atoms with Crippen molar-refractivity contribution in [1.82, 2.24) is 10.6 Å². The zero-order valence-corrected chi connectivity index (χ0v) is 17.6. The molecule has 0 radical (unpaired) electrons. The predicted octanol–water partition coefficient (Wildman–Crippen LogP) is 1.01. The van der Waals surface area contributed by atoms with Crippen LogP contribution in [0.15, 0.2) is 48.5 Å². The van der Waals surface area contributed by atoms with Crippen molar-refractivity contribution in [2.45, 2.75) is 37.1 Å². The van der Waals surface area contributed by atoms with Crippen molar-refractivity contribution < 1.29 is 28.5 Å². The molecule has 2 unspecified atom stereocenters. The summed E-state index contributed by atoms with van der Waals surface area (Å²) in [5.41, 5.74) is 1.84. The van der Waals surface area contributed by atoms with E-state index in [2.05, 4.69) is 10.6 Å². The van der Waals surface area contributed by atoms with Gasteiger partial charge in [0.15, 0.2) is 0 Å². The van der Waals surface area contributed by atoms with Crippen LogP contribution >= 0.6 is 0 Å². The summed E-state index contributed by atoms with van der Waals surface area (Å²) in [6, 6.07) is 13.9. The van der Waals surface area contributed by atoms with E-state index in [4.69, 9.17) is 18.9 Å². The van der Waals surface area contributed by atoms with Gasteiger partial charge in [-0.15, -0.1) is 0 Å². The van der Waals surface area contributed by atoms with Gasteiger partial charge in [-0.2, -0.15) is 0 Å². The molecular weight excluding hydrogens is 412 g/mol. The average Bonchev–Trinajstić information content (AvgIpc) is 3.70. The topological polar surface area (TPSA) is 102 Å². The van der Waals surface area contributed by atoms with Gasteiger partial charge in [0, 0.05) is 12.8 Å². The Hall–Kier alpha value is -3.10. The Balaban J connectivity index is 1.15. The molecule has 0 bridgehead atoms. The fourth-order valence-electron chi connectivity index (χ4n) is 3.67. The van der Waals surface area contributed by atoms with Gasteiger partial charge in [-0.1, -0.05) is 24.3 Å². The summed E-state index contributed by atoms with van der Waals surface area (Å²) in [5.74, 6) is 1.08. The van der Waals surface area contributed by atoms with Gasteiger partial charge >= 0.3 is 0 Å². The van der Waals surface area contributed by atoms with Gasteiger partial charge in [0.2, 0.25) is 11.8 Å². The lowest BCUT2D eigenvalue weighted by Crippen LogP contribution is -2.62. The largest absolute Gasteiger partial charge is 0.491 e. The summed E-state index contributed by atoms with van der Waals surface area (Å²) < 4.78 is 21.7. The first kappa shape index (κ1) is 20.8. The molecule has 0 spiro atoms. The van der Waals surface area contributed by atoms with Crippen molar-refractivity contribution in [3.63, 3.8) is 0 Å². The molecule has 2 aromatic carbocycles. The van der Waals surface area contributed by atoms with Crippen LogP contribution in [0.2, 0.25) is 0 Å². The summed E-state index contributed by atoms with van der Waals surface area (Å²) in [7, 11) is 0. The van der Waals surface area contributed by atoms with Crippen molar-refractivity contribution in [1.29, 1.82) is 0 Å². The number of carbonyl (C=O) groups is 2. The van der Waals surface area contributed by atoms with Crippen LogP contribution in [0.5, 0.6) is 11.5 Å². The number of amides is 2. The Morgan fingerprint density at radius 1 is 0.750 bits per heavy atom. The van der Waals surface area contributed by atoms with Gasteiger partial charge < -0.3 is 29.6 Å². The van der Waals surface area contributed by atoms with Gasteiger partial charge in [0.05, 0.1) is 13.2 Å². The Morgan fingerprint density at radius 2 is 1.19 bits per heavy atom. The molecule has 8 heteroatoms. The molecule has 2 aromatic rings. The van der Waals surface area contributed by atoms with Crippen LogP contribution in [0.1, 0.15) is 11.1 Å². The third-order valence-electron chi connectivity index (χ3n) is 5.62. The molecule has 3 heterocycles. The first-order chi connectivity index (χ1) is 15.6. The van der Waals surface area contributed by atoms with Crippen LogP contribution in [0, 0.1) is 0 Å². The Kier molecular flexibility index (Phi) is 5.96. The molecule has 5 rings (SSSR count). The van der Waals surface area contributed by atoms with E-state index in [0.717, 1.165) is 35.8 Å². The minimum atomic E-state index is -0.617. The van der Waals surface area contributed by atoms with E-state index in [-0.39, 0.29) is 24.0 Å². The summed E-state index contributed by atoms with van der Waals surface area (Å²) >= 11 is 0. The number of hydrogen-bond donors (Lipinski definition) is 2. The molecule has 2 N–H and O–H groups in total. The van der Waals surface area contributed by atoms with Crippen LogP contribution in [0.25, 0.3) is 0 Å². The van der Waals surface area contributed by atoms with E-state index < -0.39 is 12.1 Å². The lowest BCUT2D eigenvalue weighted by Gasteiger charge is -2.30. The number of carbonyl (C=O) groups excluding carboxylic acids is 2. The SMILES string of the molecule is O=C1N[C@H](Cc2cccc(OCC3CO3)c2)C(=O)N[C@H]1Cc1cccc(OCC2CO2)c1. The normalized spacial score (nSPS) is 26.1. The first-order valence-corrected chi connectivity index (χ1v) is 10.9. The quantitative estimate of drug-likeness (QED) is 0.537. The molecule has 3 aliphatic heterocycles. The third-order valence-corrected chi connectivity index (χ3v) is 5.62. The fourth-order valence-corrected chi connectivity index (χ4v) is 3.67. The van der Waals surface area contributed by atoms with Crippen molar-refractivity contribution >= 4 is 11.8 Å². The number of epoxide rings is 2. The fraction of sp³-hybridized carbons (Fsp3) is 0.417. The molecule has 3 aliphatic rings. The highest BCUT2D eigenvalue weighted by atomic mass is 16.6. The van der Waals surface area contributed by atoms with E-state index in [1.807, 2.05) is 48.5 Å². The van der Waals surface area contributed by atoms with Gasteiger partial charge in [-0.25, -0.2) is 0 Å². The third kappa shape index (κ3) is 5.57. The van der Waals surface area contributed by atoms with E-state index in [1.54, 1.807) is 0 Å². The molecule has 4 atom stereocenters. The predicted molar refractivity (Wildman–Crippen MR) is 115 cm³/mol. The van der Waals surface area contributed by atoms with Crippen LogP contribution in [0.4, 0.5) is 0 Å². The van der Waals surface area contributed by atoms with Crippen LogP contribution < -0.4 is 20.1 Å². The van der Waals surface area contributed by atoms with Gasteiger partial charge in [0.1, 0.15) is 49.0 Å². The summed E-state index contributed by atoms with van der Waals surface area (Å²) in [4.78, 5) is 25.4. The number of rotatable bonds is 10. The number of nitrogens with one attached hydrogen (secondary N) is 2. The molecule has 32 heavy (non-hydrogen) atoms. The van der Waals surface area contributed by atoms with Crippen molar-refractivity contribution in [3.8, 4) is 11.5 Å². The molecule has 3 saturated heterocycles. The van der Waals surface area contributed by atoms with Gasteiger partial charge in [-0.05, 0) is 35.4 Å². The highest BCUT2D eigenvalue weighted by Crippen LogP contribution is 2.20. The van der Waals surface area contributed by atoms with E-state index >= 15 is 0 Å². The minimum absolute atomic E-state index is 0.179. The highest BCUT2D eigenvalue weighted by molar-refractivity contribution is 5.97. The second-order valence-electron chi connectivity index (χ2n) is 8.36. The van der Waals surface area contributed by atoms with Crippen molar-refractivity contribution in [2.75, 3.05) is 26.4 Å². The van der Waals surface area contributed by atoms with Crippen molar-refractivity contribution in [3.05, 3.63) is 59.7 Å². The minimum Gasteiger partial charge on any atom is -0.491 e. The summed E-state index contributed by atoms with van der Waals surface area (Å²) in [6.45, 7) is 2.52. The number of benzene rings is 2. The monoisotopic (exact) mass is 438 g/mol. The van der Waals surface area contributed by atoms with Gasteiger partial charge in [0.25, 0.3) is 0 Å². The molecule has 168 valence electrons.